The molecule has 2 aromatic carbocycles. The fourth-order valence-electron chi connectivity index (χ4n) is 2.69. The van der Waals surface area contributed by atoms with Gasteiger partial charge in [0.05, 0.1) is 17.5 Å². The van der Waals surface area contributed by atoms with Crippen molar-refractivity contribution in [2.75, 3.05) is 11.9 Å². The zero-order valence-corrected chi connectivity index (χ0v) is 17.8. The van der Waals surface area contributed by atoms with Crippen molar-refractivity contribution in [1.82, 2.24) is 5.32 Å². The van der Waals surface area contributed by atoms with Crippen LogP contribution in [0.5, 0.6) is 5.75 Å². The molecule has 0 radical (unpaired) electrons. The fraction of sp³-hybridized carbons (Fsp3) is 0.238. The van der Waals surface area contributed by atoms with E-state index in [0.29, 0.717) is 18.0 Å². The van der Waals surface area contributed by atoms with E-state index >= 15 is 0 Å². The van der Waals surface area contributed by atoms with Crippen molar-refractivity contribution in [3.8, 4) is 11.8 Å². The molecule has 1 atom stereocenters. The van der Waals surface area contributed by atoms with Crippen LogP contribution in [0.25, 0.3) is 0 Å². The number of amides is 1. The first kappa shape index (κ1) is 22.9. The average molecular weight is 429 g/mol. The summed E-state index contributed by atoms with van der Waals surface area (Å²) in [6.45, 7) is 6.13. The highest BCUT2D eigenvalue weighted by molar-refractivity contribution is 7.89. The van der Waals surface area contributed by atoms with Gasteiger partial charge in [0.25, 0.3) is 5.91 Å². The molecule has 9 heteroatoms. The maximum absolute atomic E-state index is 12.5. The molecule has 0 aliphatic heterocycles. The number of ether oxygens (including phenoxy) is 1. The highest BCUT2D eigenvalue weighted by atomic mass is 32.2. The van der Waals surface area contributed by atoms with Crippen LogP contribution in [-0.4, -0.2) is 20.9 Å². The van der Waals surface area contributed by atoms with E-state index in [0.717, 1.165) is 11.1 Å². The number of carbonyl (C=O) groups excluding carboxylic acids is 1. The second kappa shape index (κ2) is 9.91. The zero-order valence-electron chi connectivity index (χ0n) is 17.0. The van der Waals surface area contributed by atoms with Crippen LogP contribution in [-0.2, 0) is 14.8 Å². The van der Waals surface area contributed by atoms with Crippen LogP contribution in [0.2, 0.25) is 0 Å². The van der Waals surface area contributed by atoms with Crippen molar-refractivity contribution in [1.29, 1.82) is 5.26 Å². The van der Waals surface area contributed by atoms with Gasteiger partial charge in [-0.05, 0) is 51.1 Å². The van der Waals surface area contributed by atoms with E-state index in [1.54, 1.807) is 0 Å². The number of hydrogen-bond donors (Lipinski definition) is 3. The molecular formula is C21H24N4O4S. The van der Waals surface area contributed by atoms with Crippen LogP contribution in [0, 0.1) is 18.3 Å². The maximum Gasteiger partial charge on any atom is 0.263 e. The van der Waals surface area contributed by atoms with Crippen molar-refractivity contribution >= 4 is 21.6 Å². The standard InChI is InChI=1S/C21H24N4O4S/c1-4-29-20-10-5-14(2)11-19(20)15(3)25-21(26)16(12-22)13-24-17-6-8-18(9-7-17)30(23,27)28/h5-11,13,15,24H,4H2,1-3H3,(H,25,26)(H2,23,27,28)/b16-13-. The molecule has 4 N–H and O–H groups in total. The summed E-state index contributed by atoms with van der Waals surface area (Å²) in [6, 6.07) is 12.8. The lowest BCUT2D eigenvalue weighted by molar-refractivity contribution is -0.117. The van der Waals surface area contributed by atoms with Gasteiger partial charge in [-0.15, -0.1) is 0 Å². The Morgan fingerprint density at radius 3 is 2.50 bits per heavy atom. The molecule has 0 fully saturated rings. The predicted molar refractivity (Wildman–Crippen MR) is 114 cm³/mol. The van der Waals surface area contributed by atoms with E-state index in [1.165, 1.54) is 30.5 Å². The number of nitrogens with two attached hydrogens (primary N) is 1. The number of nitriles is 1. The third-order valence-corrected chi connectivity index (χ3v) is 5.14. The number of nitrogens with zero attached hydrogens (tertiary/aromatic N) is 1. The van der Waals surface area contributed by atoms with Crippen molar-refractivity contribution in [2.45, 2.75) is 31.7 Å². The smallest absolute Gasteiger partial charge is 0.263 e. The van der Waals surface area contributed by atoms with Crippen molar-refractivity contribution in [2.24, 2.45) is 5.14 Å². The molecular weight excluding hydrogens is 404 g/mol. The first-order valence-corrected chi connectivity index (χ1v) is 10.7. The van der Waals surface area contributed by atoms with Gasteiger partial charge < -0.3 is 15.4 Å². The van der Waals surface area contributed by atoms with E-state index in [1.807, 2.05) is 45.0 Å². The molecule has 8 nitrogen and oxygen atoms in total. The molecule has 0 spiro atoms. The summed E-state index contributed by atoms with van der Waals surface area (Å²) in [5.41, 5.74) is 2.19. The number of anilines is 1. The number of benzene rings is 2. The number of sulfonamides is 1. The van der Waals surface area contributed by atoms with Gasteiger partial charge in [0.2, 0.25) is 10.0 Å². The van der Waals surface area contributed by atoms with Crippen LogP contribution in [0.15, 0.2) is 59.1 Å². The van der Waals surface area contributed by atoms with E-state index < -0.39 is 15.9 Å². The highest BCUT2D eigenvalue weighted by Crippen LogP contribution is 2.26. The van der Waals surface area contributed by atoms with Gasteiger partial charge in [0.15, 0.2) is 0 Å². The molecule has 0 aliphatic carbocycles. The van der Waals surface area contributed by atoms with Gasteiger partial charge >= 0.3 is 0 Å². The molecule has 2 rings (SSSR count). The summed E-state index contributed by atoms with van der Waals surface area (Å²) in [6.07, 6.45) is 1.26. The summed E-state index contributed by atoms with van der Waals surface area (Å²) >= 11 is 0. The number of nitrogens with one attached hydrogen (secondary N) is 2. The number of aryl methyl sites for hydroxylation is 1. The Hall–Kier alpha value is -3.35. The summed E-state index contributed by atoms with van der Waals surface area (Å²) in [5, 5.41) is 20.0. The average Bonchev–Trinajstić information content (AvgIpc) is 2.69. The Bertz CT molecular complexity index is 1090. The first-order valence-electron chi connectivity index (χ1n) is 9.19. The Balaban J connectivity index is 2.13. The van der Waals surface area contributed by atoms with Gasteiger partial charge in [0.1, 0.15) is 17.4 Å². The molecule has 1 amide bonds. The monoisotopic (exact) mass is 428 g/mol. The third-order valence-electron chi connectivity index (χ3n) is 4.21. The molecule has 1 unspecified atom stereocenters. The van der Waals surface area contributed by atoms with E-state index in [9.17, 15) is 18.5 Å². The second-order valence-corrected chi connectivity index (χ2v) is 8.11. The van der Waals surface area contributed by atoms with Crippen LogP contribution in [0.3, 0.4) is 0 Å². The van der Waals surface area contributed by atoms with E-state index in [4.69, 9.17) is 9.88 Å². The third kappa shape index (κ3) is 6.07. The summed E-state index contributed by atoms with van der Waals surface area (Å²) in [7, 11) is -3.79. The quantitative estimate of drug-likeness (QED) is 0.437. The SMILES string of the molecule is CCOc1ccc(C)cc1C(C)NC(=O)/C(C#N)=C\Nc1ccc(S(N)(=O)=O)cc1. The molecule has 0 saturated heterocycles. The first-order chi connectivity index (χ1) is 14.2. The normalized spacial score (nSPS) is 12.6. The van der Waals surface area contributed by atoms with Crippen LogP contribution < -0.4 is 20.5 Å². The Morgan fingerprint density at radius 1 is 1.27 bits per heavy atom. The summed E-state index contributed by atoms with van der Waals surface area (Å²) < 4.78 is 28.2. The number of rotatable bonds is 8. The van der Waals surface area contributed by atoms with Gasteiger partial charge in [-0.1, -0.05) is 17.7 Å². The number of carbonyl (C=O) groups is 1. The lowest BCUT2D eigenvalue weighted by Gasteiger charge is -2.18. The predicted octanol–water partition coefficient (Wildman–Crippen LogP) is 2.74. The molecule has 0 heterocycles. The number of primary sulfonamides is 1. The van der Waals surface area contributed by atoms with E-state index in [2.05, 4.69) is 10.6 Å². The molecule has 158 valence electrons. The Kier molecular flexibility index (Phi) is 7.58. The molecule has 0 bridgehead atoms. The molecule has 30 heavy (non-hydrogen) atoms. The highest BCUT2D eigenvalue weighted by Gasteiger charge is 2.17. The van der Waals surface area contributed by atoms with Crippen molar-refractivity contribution in [3.05, 3.63) is 65.4 Å². The van der Waals surface area contributed by atoms with Crippen molar-refractivity contribution < 1.29 is 17.9 Å². The Morgan fingerprint density at radius 2 is 1.93 bits per heavy atom. The van der Waals surface area contributed by atoms with Crippen LogP contribution in [0.1, 0.15) is 31.0 Å². The Labute approximate surface area is 176 Å². The van der Waals surface area contributed by atoms with Crippen LogP contribution in [0.4, 0.5) is 5.69 Å². The maximum atomic E-state index is 12.5. The molecule has 2 aromatic rings. The number of hydrogen-bond acceptors (Lipinski definition) is 6. The van der Waals surface area contributed by atoms with Crippen molar-refractivity contribution in [3.63, 3.8) is 0 Å². The molecule has 0 aromatic heterocycles. The molecule has 0 aliphatic rings. The lowest BCUT2D eigenvalue weighted by Crippen LogP contribution is -2.28. The molecule has 0 saturated carbocycles. The van der Waals surface area contributed by atoms with Gasteiger partial charge in [0, 0.05) is 17.5 Å². The zero-order chi connectivity index (χ0) is 22.3. The second-order valence-electron chi connectivity index (χ2n) is 6.55. The van der Waals surface area contributed by atoms with Gasteiger partial charge in [-0.3, -0.25) is 4.79 Å². The van der Waals surface area contributed by atoms with Gasteiger partial charge in [-0.25, -0.2) is 13.6 Å². The van der Waals surface area contributed by atoms with Crippen LogP contribution >= 0.6 is 0 Å². The minimum Gasteiger partial charge on any atom is -0.494 e. The lowest BCUT2D eigenvalue weighted by atomic mass is 10.0. The summed E-state index contributed by atoms with van der Waals surface area (Å²) in [5.74, 6) is 0.120. The minimum absolute atomic E-state index is 0.0349. The van der Waals surface area contributed by atoms with E-state index in [-0.39, 0.29) is 16.5 Å². The minimum atomic E-state index is -3.79. The van der Waals surface area contributed by atoms with Gasteiger partial charge in [-0.2, -0.15) is 5.26 Å². The topological polar surface area (TPSA) is 134 Å². The summed E-state index contributed by atoms with van der Waals surface area (Å²) in [4.78, 5) is 12.5. The largest absolute Gasteiger partial charge is 0.494 e. The fourth-order valence-corrected chi connectivity index (χ4v) is 3.21.